The van der Waals surface area contributed by atoms with Gasteiger partial charge < -0.3 is 4.74 Å². The van der Waals surface area contributed by atoms with Crippen LogP contribution in [0, 0.1) is 0 Å². The Bertz CT molecular complexity index is 1060. The van der Waals surface area contributed by atoms with Crippen LogP contribution < -0.4 is 4.74 Å². The van der Waals surface area contributed by atoms with E-state index in [9.17, 15) is 21.6 Å². The molecule has 0 aliphatic heterocycles. The van der Waals surface area contributed by atoms with E-state index in [-0.39, 0.29) is 22.5 Å². The van der Waals surface area contributed by atoms with E-state index in [2.05, 4.69) is 5.10 Å². The topological polar surface area (TPSA) is 61.2 Å². The number of methoxy groups -OCH3 is 1. The second kappa shape index (κ2) is 6.48. The number of sulfone groups is 1. The van der Waals surface area contributed by atoms with Gasteiger partial charge in [0.05, 0.1) is 30.4 Å². The van der Waals surface area contributed by atoms with Crippen LogP contribution in [0.3, 0.4) is 0 Å². The Kier molecular flexibility index (Phi) is 4.61. The highest BCUT2D eigenvalue weighted by molar-refractivity contribution is 7.92. The number of benzene rings is 2. The third kappa shape index (κ3) is 3.12. The Morgan fingerprint density at radius 2 is 1.81 bits per heavy atom. The average Bonchev–Trinajstić information content (AvgIpc) is 2.99. The normalized spacial score (nSPS) is 12.5. The molecule has 0 saturated carbocycles. The first-order chi connectivity index (χ1) is 12.1. The first-order valence-electron chi connectivity index (χ1n) is 7.23. The van der Waals surface area contributed by atoms with Crippen molar-refractivity contribution in [3.05, 3.63) is 53.2 Å². The summed E-state index contributed by atoms with van der Waals surface area (Å²) in [6, 6.07) is 8.73. The van der Waals surface area contributed by atoms with E-state index in [4.69, 9.17) is 16.3 Å². The molecule has 1 heterocycles. The summed E-state index contributed by atoms with van der Waals surface area (Å²) in [6.45, 7) is 0.0637. The third-order valence-corrected chi connectivity index (χ3v) is 5.64. The Balaban J connectivity index is 2.17. The Morgan fingerprint density at radius 1 is 1.15 bits per heavy atom. The molecule has 26 heavy (non-hydrogen) atoms. The highest BCUT2D eigenvalue weighted by Crippen LogP contribution is 2.36. The number of aromatic nitrogens is 2. The average molecular weight is 405 g/mol. The summed E-state index contributed by atoms with van der Waals surface area (Å²) in [5.41, 5.74) is -4.92. The summed E-state index contributed by atoms with van der Waals surface area (Å²) in [4.78, 5) is -0.879. The first kappa shape index (κ1) is 18.5. The molecule has 0 spiro atoms. The first-order valence-corrected chi connectivity index (χ1v) is 9.09. The van der Waals surface area contributed by atoms with Crippen molar-refractivity contribution in [2.45, 2.75) is 16.9 Å². The zero-order chi connectivity index (χ0) is 19.1. The van der Waals surface area contributed by atoms with Gasteiger partial charge in [0.2, 0.25) is 0 Å². The fourth-order valence-corrected chi connectivity index (χ4v) is 3.67. The van der Waals surface area contributed by atoms with E-state index in [1.165, 1.54) is 18.0 Å². The predicted molar refractivity (Wildman–Crippen MR) is 90.1 cm³/mol. The van der Waals surface area contributed by atoms with Gasteiger partial charge in [0, 0.05) is 5.39 Å². The van der Waals surface area contributed by atoms with Crippen LogP contribution in [0.1, 0.15) is 5.56 Å². The largest absolute Gasteiger partial charge is 0.501 e. The van der Waals surface area contributed by atoms with Gasteiger partial charge in [-0.25, -0.2) is 8.42 Å². The van der Waals surface area contributed by atoms with Crippen LogP contribution in [-0.4, -0.2) is 30.8 Å². The van der Waals surface area contributed by atoms with Crippen molar-refractivity contribution in [3.63, 3.8) is 0 Å². The van der Waals surface area contributed by atoms with Crippen molar-refractivity contribution >= 4 is 32.3 Å². The minimum absolute atomic E-state index is 0.0637. The maximum Gasteiger partial charge on any atom is 0.501 e. The van der Waals surface area contributed by atoms with Gasteiger partial charge >= 0.3 is 5.51 Å². The molecule has 3 rings (SSSR count). The van der Waals surface area contributed by atoms with Crippen LogP contribution in [0.25, 0.3) is 10.9 Å². The fraction of sp³-hybridized carbons (Fsp3) is 0.188. The van der Waals surface area contributed by atoms with Gasteiger partial charge in [-0.15, -0.1) is 0 Å². The molecule has 0 amide bonds. The molecule has 0 unspecified atom stereocenters. The minimum atomic E-state index is -5.55. The number of ether oxygens (including phenoxy) is 1. The molecule has 1 aromatic heterocycles. The van der Waals surface area contributed by atoms with Crippen molar-refractivity contribution in [1.29, 1.82) is 0 Å². The molecule has 5 nitrogen and oxygen atoms in total. The molecule has 0 aliphatic carbocycles. The lowest BCUT2D eigenvalue weighted by Crippen LogP contribution is -2.24. The SMILES string of the molecule is COc1ccc(Cn2ncc3c(Cl)ccc(S(=O)(=O)C(F)(F)F)c32)cc1. The quantitative estimate of drug-likeness (QED) is 0.658. The predicted octanol–water partition coefficient (Wildman–Crippen LogP) is 4.04. The summed E-state index contributed by atoms with van der Waals surface area (Å²) in [5.74, 6) is 0.613. The molecule has 10 heteroatoms. The molecule has 2 aromatic carbocycles. The van der Waals surface area contributed by atoms with Gasteiger partial charge in [-0.3, -0.25) is 4.68 Å². The number of nitrogens with zero attached hydrogens (tertiary/aromatic N) is 2. The second-order valence-electron chi connectivity index (χ2n) is 5.41. The number of fused-ring (bicyclic) bond motifs is 1. The maximum absolute atomic E-state index is 13.0. The molecule has 0 aliphatic rings. The smallest absolute Gasteiger partial charge is 0.497 e. The second-order valence-corrected chi connectivity index (χ2v) is 7.72. The van der Waals surface area contributed by atoms with Crippen molar-refractivity contribution in [1.82, 2.24) is 9.78 Å². The van der Waals surface area contributed by atoms with Gasteiger partial charge in [0.25, 0.3) is 9.84 Å². The molecular formula is C16H12ClF3N2O3S. The van der Waals surface area contributed by atoms with Gasteiger partial charge in [-0.1, -0.05) is 23.7 Å². The molecule has 0 N–H and O–H groups in total. The van der Waals surface area contributed by atoms with E-state index < -0.39 is 20.2 Å². The fourth-order valence-electron chi connectivity index (χ4n) is 2.50. The molecule has 0 atom stereocenters. The summed E-state index contributed by atoms with van der Waals surface area (Å²) in [5, 5.41) is 4.26. The lowest BCUT2D eigenvalue weighted by molar-refractivity contribution is -0.0435. The zero-order valence-corrected chi connectivity index (χ0v) is 14.9. The van der Waals surface area contributed by atoms with Gasteiger partial charge in [0.15, 0.2) is 0 Å². The summed E-state index contributed by atoms with van der Waals surface area (Å²) in [7, 11) is -4.05. The Labute approximate surface area is 151 Å². The number of hydrogen-bond donors (Lipinski definition) is 0. The van der Waals surface area contributed by atoms with Gasteiger partial charge in [0.1, 0.15) is 10.6 Å². The minimum Gasteiger partial charge on any atom is -0.497 e. The monoisotopic (exact) mass is 404 g/mol. The lowest BCUT2D eigenvalue weighted by atomic mass is 10.2. The van der Waals surface area contributed by atoms with Crippen molar-refractivity contribution in [3.8, 4) is 5.75 Å². The van der Waals surface area contributed by atoms with Crippen LogP contribution in [0.5, 0.6) is 5.75 Å². The number of rotatable bonds is 4. The number of alkyl halides is 3. The summed E-state index contributed by atoms with van der Waals surface area (Å²) in [6.07, 6.45) is 1.25. The summed E-state index contributed by atoms with van der Waals surface area (Å²) >= 11 is 6.00. The van der Waals surface area contributed by atoms with Crippen molar-refractivity contribution < 1.29 is 26.3 Å². The van der Waals surface area contributed by atoms with E-state index in [0.717, 1.165) is 12.1 Å². The molecule has 3 aromatic rings. The molecule has 0 bridgehead atoms. The van der Waals surface area contributed by atoms with Crippen LogP contribution >= 0.6 is 11.6 Å². The highest BCUT2D eigenvalue weighted by atomic mass is 35.5. The lowest BCUT2D eigenvalue weighted by Gasteiger charge is -2.12. The molecule has 0 radical (unpaired) electrons. The van der Waals surface area contributed by atoms with E-state index >= 15 is 0 Å². The molecule has 0 fully saturated rings. The third-order valence-electron chi connectivity index (χ3n) is 3.80. The molecule has 0 saturated heterocycles. The van der Waals surface area contributed by atoms with Gasteiger partial charge in [-0.05, 0) is 29.8 Å². The Hall–Kier alpha value is -2.26. The van der Waals surface area contributed by atoms with Crippen LogP contribution in [0.4, 0.5) is 13.2 Å². The number of hydrogen-bond acceptors (Lipinski definition) is 4. The van der Waals surface area contributed by atoms with Crippen LogP contribution in [0.2, 0.25) is 5.02 Å². The molecule has 138 valence electrons. The maximum atomic E-state index is 13.0. The summed E-state index contributed by atoms with van der Waals surface area (Å²) < 4.78 is 69.2. The highest BCUT2D eigenvalue weighted by Gasteiger charge is 2.48. The standard InChI is InChI=1S/C16H12ClF3N2O3S/c1-25-11-4-2-10(3-5-11)9-22-15-12(8-21-22)13(17)6-7-14(15)26(23,24)16(18,19)20/h2-8H,9H2,1H3. The van der Waals surface area contributed by atoms with E-state index in [1.54, 1.807) is 24.3 Å². The Morgan fingerprint density at radius 3 is 2.38 bits per heavy atom. The van der Waals surface area contributed by atoms with Crippen LogP contribution in [0.15, 0.2) is 47.5 Å². The van der Waals surface area contributed by atoms with Crippen molar-refractivity contribution in [2.24, 2.45) is 0 Å². The van der Waals surface area contributed by atoms with Crippen LogP contribution in [-0.2, 0) is 16.4 Å². The van der Waals surface area contributed by atoms with E-state index in [0.29, 0.717) is 11.3 Å². The van der Waals surface area contributed by atoms with Gasteiger partial charge in [-0.2, -0.15) is 18.3 Å². The zero-order valence-electron chi connectivity index (χ0n) is 13.3. The molecular weight excluding hydrogens is 393 g/mol. The van der Waals surface area contributed by atoms with Crippen molar-refractivity contribution in [2.75, 3.05) is 7.11 Å². The van der Waals surface area contributed by atoms with E-state index in [1.807, 2.05) is 0 Å². The number of halogens is 4.